The summed E-state index contributed by atoms with van der Waals surface area (Å²) in [6, 6.07) is 12.3. The van der Waals surface area contributed by atoms with Gasteiger partial charge < -0.3 is 15.2 Å². The number of aliphatic carboxylic acids is 1. The minimum absolute atomic E-state index is 0.188. The molecule has 1 heterocycles. The summed E-state index contributed by atoms with van der Waals surface area (Å²) in [5, 5.41) is 13.6. The molecule has 1 saturated heterocycles. The van der Waals surface area contributed by atoms with Crippen LogP contribution in [-0.4, -0.2) is 86.2 Å². The third kappa shape index (κ3) is 12.5. The standard InChI is InChI=1S/C30H40N2O5S2.C2H6O.C2H6/c1-21-8-6-7-11-25(21)27-18-22(19-32-16-14-24(20-32)38-23-9-4-3-5-10-23)12-13-26(27)29(33)31-28(30(34)35)15-17-39(2,36)37;1-3-2;1-2/h6-8,11-13,18,23-24,28H,3-5,9-10,14-17,19-20H2,1-2H3,(H,31,33)(H,34,35);1-2H3;1-2H3. The molecule has 1 aliphatic carbocycles. The Labute approximate surface area is 269 Å². The van der Waals surface area contributed by atoms with Gasteiger partial charge in [-0.2, -0.15) is 11.8 Å². The zero-order valence-corrected chi connectivity index (χ0v) is 28.9. The molecule has 44 heavy (non-hydrogen) atoms. The Morgan fingerprint density at radius 1 is 1.02 bits per heavy atom. The average molecular weight is 649 g/mol. The maximum Gasteiger partial charge on any atom is 0.326 e. The van der Waals surface area contributed by atoms with E-state index in [1.807, 2.05) is 57.2 Å². The Morgan fingerprint density at radius 2 is 1.68 bits per heavy atom. The van der Waals surface area contributed by atoms with Crippen molar-refractivity contribution in [3.63, 3.8) is 0 Å². The van der Waals surface area contributed by atoms with Crippen LogP contribution in [0.4, 0.5) is 0 Å². The maximum absolute atomic E-state index is 13.3. The molecule has 246 valence electrons. The number of carbonyl (C=O) groups is 2. The normalized spacial score (nSPS) is 17.9. The lowest BCUT2D eigenvalue weighted by molar-refractivity contribution is -0.139. The van der Waals surface area contributed by atoms with Crippen molar-refractivity contribution in [2.75, 3.05) is 39.3 Å². The lowest BCUT2D eigenvalue weighted by atomic mass is 9.93. The molecule has 8 nitrogen and oxygen atoms in total. The summed E-state index contributed by atoms with van der Waals surface area (Å²) < 4.78 is 27.4. The fourth-order valence-electron chi connectivity index (χ4n) is 5.59. The number of nitrogens with zero attached hydrogens (tertiary/aromatic N) is 1. The van der Waals surface area contributed by atoms with E-state index in [-0.39, 0.29) is 12.2 Å². The van der Waals surface area contributed by atoms with Gasteiger partial charge in [-0.15, -0.1) is 0 Å². The number of carboxylic acids is 1. The number of hydrogen-bond acceptors (Lipinski definition) is 7. The Bertz CT molecular complexity index is 1290. The number of aryl methyl sites for hydroxylation is 1. The van der Waals surface area contributed by atoms with E-state index >= 15 is 0 Å². The van der Waals surface area contributed by atoms with Crippen LogP contribution in [-0.2, 0) is 25.9 Å². The van der Waals surface area contributed by atoms with Gasteiger partial charge in [-0.3, -0.25) is 9.69 Å². The molecule has 0 spiro atoms. The van der Waals surface area contributed by atoms with Crippen molar-refractivity contribution in [2.24, 2.45) is 0 Å². The molecule has 0 bridgehead atoms. The van der Waals surface area contributed by atoms with Crippen LogP contribution in [0, 0.1) is 6.92 Å². The number of carboxylic acid groups (broad SMARTS) is 1. The fraction of sp³-hybridized carbons (Fsp3) is 0.588. The van der Waals surface area contributed by atoms with Crippen LogP contribution in [0.1, 0.15) is 80.3 Å². The van der Waals surface area contributed by atoms with E-state index in [0.717, 1.165) is 53.4 Å². The lowest BCUT2D eigenvalue weighted by Crippen LogP contribution is -2.42. The molecule has 1 saturated carbocycles. The van der Waals surface area contributed by atoms with Crippen molar-refractivity contribution in [3.8, 4) is 11.1 Å². The highest BCUT2D eigenvalue weighted by molar-refractivity contribution is 8.00. The summed E-state index contributed by atoms with van der Waals surface area (Å²) in [4.78, 5) is 27.6. The van der Waals surface area contributed by atoms with Gasteiger partial charge in [0.05, 0.1) is 5.75 Å². The highest BCUT2D eigenvalue weighted by Gasteiger charge is 2.28. The van der Waals surface area contributed by atoms with Crippen LogP contribution in [0.5, 0.6) is 0 Å². The number of methoxy groups -OCH3 is 1. The summed E-state index contributed by atoms with van der Waals surface area (Å²) in [5.74, 6) is -2.09. The summed E-state index contributed by atoms with van der Waals surface area (Å²) >= 11 is 2.18. The van der Waals surface area contributed by atoms with Crippen molar-refractivity contribution in [3.05, 3.63) is 59.2 Å². The van der Waals surface area contributed by atoms with Gasteiger partial charge in [-0.05, 0) is 73.5 Å². The Kier molecular flexibility index (Phi) is 16.5. The van der Waals surface area contributed by atoms with Crippen LogP contribution < -0.4 is 5.32 Å². The molecule has 2 aliphatic rings. The number of carbonyl (C=O) groups excluding carboxylic acids is 1. The van der Waals surface area contributed by atoms with Crippen molar-refractivity contribution >= 4 is 33.5 Å². The lowest BCUT2D eigenvalue weighted by Gasteiger charge is -2.24. The highest BCUT2D eigenvalue weighted by atomic mass is 32.2. The molecule has 1 aliphatic heterocycles. The largest absolute Gasteiger partial charge is 0.480 e. The van der Waals surface area contributed by atoms with Crippen molar-refractivity contribution in [1.82, 2.24) is 10.2 Å². The topological polar surface area (TPSA) is 113 Å². The van der Waals surface area contributed by atoms with E-state index in [0.29, 0.717) is 10.8 Å². The monoisotopic (exact) mass is 648 g/mol. The average Bonchev–Trinajstić information content (AvgIpc) is 3.43. The Hall–Kier alpha value is -2.40. The van der Waals surface area contributed by atoms with Gasteiger partial charge in [0.15, 0.2) is 0 Å². The van der Waals surface area contributed by atoms with Crippen molar-refractivity contribution in [1.29, 1.82) is 0 Å². The molecule has 2 aromatic rings. The Morgan fingerprint density at radius 3 is 2.30 bits per heavy atom. The molecule has 10 heteroatoms. The first kappa shape index (κ1) is 37.8. The molecule has 1 amide bonds. The molecule has 2 atom stereocenters. The predicted octanol–water partition coefficient (Wildman–Crippen LogP) is 6.21. The first-order valence-corrected chi connectivity index (χ1v) is 18.7. The second-order valence-corrected chi connectivity index (χ2v) is 15.3. The number of likely N-dealkylation sites (tertiary alicyclic amines) is 1. The SMILES string of the molecule is CC.COC.Cc1ccccc1-c1cc(CN2CCC(SC3CCCCC3)C2)ccc1C(=O)NC(CCS(C)(=O)=O)C(=O)O. The number of sulfone groups is 1. The molecule has 4 rings (SSSR count). The van der Waals surface area contributed by atoms with Gasteiger partial charge in [0.25, 0.3) is 5.91 Å². The number of amides is 1. The third-order valence-corrected chi connectivity index (χ3v) is 10.3. The predicted molar refractivity (Wildman–Crippen MR) is 182 cm³/mol. The van der Waals surface area contributed by atoms with E-state index in [2.05, 4.69) is 26.7 Å². The number of ether oxygens (including phenoxy) is 1. The zero-order valence-electron chi connectivity index (χ0n) is 27.3. The van der Waals surface area contributed by atoms with E-state index in [9.17, 15) is 23.1 Å². The van der Waals surface area contributed by atoms with Crippen LogP contribution in [0.25, 0.3) is 11.1 Å². The molecule has 2 fully saturated rings. The number of rotatable bonds is 11. The Balaban J connectivity index is 0.00000127. The zero-order chi connectivity index (χ0) is 32.7. The van der Waals surface area contributed by atoms with Crippen LogP contribution in [0.3, 0.4) is 0 Å². The summed E-state index contributed by atoms with van der Waals surface area (Å²) in [5.41, 5.74) is 4.17. The second kappa shape index (κ2) is 19.2. The van der Waals surface area contributed by atoms with Gasteiger partial charge in [-0.1, -0.05) is 63.4 Å². The molecule has 2 N–H and O–H groups in total. The number of benzene rings is 2. The molecule has 0 aromatic heterocycles. The summed E-state index contributed by atoms with van der Waals surface area (Å²) in [7, 11) is -0.111. The number of thioether (sulfide) groups is 1. The molecule has 2 aromatic carbocycles. The first-order chi connectivity index (χ1) is 21.0. The minimum atomic E-state index is -3.36. The second-order valence-electron chi connectivity index (χ2n) is 11.4. The van der Waals surface area contributed by atoms with Crippen molar-refractivity contribution < 1.29 is 27.9 Å². The van der Waals surface area contributed by atoms with Crippen LogP contribution in [0.15, 0.2) is 42.5 Å². The van der Waals surface area contributed by atoms with Gasteiger partial charge >= 0.3 is 5.97 Å². The fourth-order valence-corrected chi connectivity index (χ4v) is 7.95. The van der Waals surface area contributed by atoms with Gasteiger partial charge in [0.2, 0.25) is 0 Å². The first-order valence-electron chi connectivity index (χ1n) is 15.7. The minimum Gasteiger partial charge on any atom is -0.480 e. The highest BCUT2D eigenvalue weighted by Crippen LogP contribution is 2.35. The van der Waals surface area contributed by atoms with Gasteiger partial charge in [-0.25, -0.2) is 13.2 Å². The van der Waals surface area contributed by atoms with Crippen LogP contribution >= 0.6 is 11.8 Å². The van der Waals surface area contributed by atoms with Gasteiger partial charge in [0.1, 0.15) is 15.9 Å². The maximum atomic E-state index is 13.3. The van der Waals surface area contributed by atoms with Crippen LogP contribution in [0.2, 0.25) is 0 Å². The number of hydrogen-bond donors (Lipinski definition) is 2. The smallest absolute Gasteiger partial charge is 0.326 e. The third-order valence-electron chi connectivity index (χ3n) is 7.72. The van der Waals surface area contributed by atoms with E-state index in [1.54, 1.807) is 20.3 Å². The summed E-state index contributed by atoms with van der Waals surface area (Å²) in [6.45, 7) is 8.93. The molecular formula is C34H52N2O6S2. The molecule has 2 unspecified atom stereocenters. The van der Waals surface area contributed by atoms with E-state index in [4.69, 9.17) is 0 Å². The van der Waals surface area contributed by atoms with E-state index < -0.39 is 27.8 Å². The van der Waals surface area contributed by atoms with Crippen molar-refractivity contribution in [2.45, 2.75) is 88.8 Å². The molecular weight excluding hydrogens is 597 g/mol. The number of nitrogens with one attached hydrogen (secondary N) is 1. The quantitative estimate of drug-likeness (QED) is 0.296. The van der Waals surface area contributed by atoms with E-state index in [1.165, 1.54) is 38.5 Å². The molecule has 0 radical (unpaired) electrons. The van der Waals surface area contributed by atoms with Gasteiger partial charge in [0, 0.05) is 49.6 Å². The summed E-state index contributed by atoms with van der Waals surface area (Å²) in [6.07, 6.45) is 8.87.